The number of nitrogens with zero attached hydrogens (tertiary/aromatic N) is 2. The Kier molecular flexibility index (Phi) is 3.73. The lowest BCUT2D eigenvalue weighted by molar-refractivity contribution is 0.100. The van der Waals surface area contributed by atoms with Gasteiger partial charge in [0.2, 0.25) is 5.91 Å². The van der Waals surface area contributed by atoms with Crippen LogP contribution in [0.1, 0.15) is 16.1 Å². The molecule has 0 radical (unpaired) electrons. The van der Waals surface area contributed by atoms with Gasteiger partial charge in [0.15, 0.2) is 0 Å². The fourth-order valence-corrected chi connectivity index (χ4v) is 1.90. The van der Waals surface area contributed by atoms with Crippen LogP contribution >= 0.6 is 11.5 Å². The van der Waals surface area contributed by atoms with Crippen molar-refractivity contribution in [3.63, 3.8) is 0 Å². The van der Waals surface area contributed by atoms with Gasteiger partial charge < -0.3 is 15.8 Å². The van der Waals surface area contributed by atoms with Crippen molar-refractivity contribution in [1.29, 1.82) is 0 Å². The Morgan fingerprint density at radius 3 is 3.00 bits per heavy atom. The maximum atomic E-state index is 11.1. The lowest BCUT2D eigenvalue weighted by atomic mass is 10.1. The fraction of sp³-hybridized carbons (Fsp3) is 0.182. The van der Waals surface area contributed by atoms with Gasteiger partial charge in [0.1, 0.15) is 5.75 Å². The summed E-state index contributed by atoms with van der Waals surface area (Å²) in [5, 5.41) is 8.90. The van der Waals surface area contributed by atoms with E-state index >= 15 is 0 Å². The Balaban J connectivity index is 2.18. The first-order valence-corrected chi connectivity index (χ1v) is 6.02. The van der Waals surface area contributed by atoms with E-state index in [1.807, 2.05) is 5.38 Å². The summed E-state index contributed by atoms with van der Waals surface area (Å²) in [6.45, 7) is 0.509. The molecule has 0 saturated carbocycles. The van der Waals surface area contributed by atoms with Crippen LogP contribution in [0, 0.1) is 0 Å². The third kappa shape index (κ3) is 2.75. The number of carbonyl (C=O) groups is 1. The first-order valence-electron chi connectivity index (χ1n) is 5.18. The molecule has 3 N–H and O–H groups in total. The second-order valence-corrected chi connectivity index (χ2v) is 4.14. The zero-order chi connectivity index (χ0) is 13.0. The van der Waals surface area contributed by atoms with E-state index in [1.54, 1.807) is 25.3 Å². The normalized spacial score (nSPS) is 10.1. The van der Waals surface area contributed by atoms with E-state index < -0.39 is 5.91 Å². The summed E-state index contributed by atoms with van der Waals surface area (Å²) in [6.07, 6.45) is 0. The molecule has 0 unspecified atom stereocenters. The summed E-state index contributed by atoms with van der Waals surface area (Å²) in [5.41, 5.74) is 7.18. The predicted octanol–water partition coefficient (Wildman–Crippen LogP) is 1.26. The molecule has 0 aliphatic heterocycles. The van der Waals surface area contributed by atoms with Crippen LogP contribution in [0.25, 0.3) is 0 Å². The number of amides is 1. The van der Waals surface area contributed by atoms with Crippen molar-refractivity contribution in [1.82, 2.24) is 9.59 Å². The number of ether oxygens (including phenoxy) is 1. The minimum absolute atomic E-state index is 0.426. The molecule has 1 amide bonds. The highest BCUT2D eigenvalue weighted by Gasteiger charge is 2.08. The van der Waals surface area contributed by atoms with Gasteiger partial charge in [-0.25, -0.2) is 0 Å². The topological polar surface area (TPSA) is 90.1 Å². The average molecular weight is 264 g/mol. The predicted molar refractivity (Wildman–Crippen MR) is 68.7 cm³/mol. The number of benzene rings is 1. The van der Waals surface area contributed by atoms with E-state index in [4.69, 9.17) is 10.5 Å². The van der Waals surface area contributed by atoms with Gasteiger partial charge in [0.25, 0.3) is 0 Å². The molecule has 94 valence electrons. The second kappa shape index (κ2) is 5.46. The number of primary amides is 1. The maximum absolute atomic E-state index is 11.1. The van der Waals surface area contributed by atoms with Crippen LogP contribution in [0.3, 0.4) is 0 Å². The van der Waals surface area contributed by atoms with Gasteiger partial charge in [0.05, 0.1) is 25.0 Å². The Morgan fingerprint density at radius 2 is 2.39 bits per heavy atom. The van der Waals surface area contributed by atoms with Crippen LogP contribution in [0.2, 0.25) is 0 Å². The molecule has 2 aromatic rings. The van der Waals surface area contributed by atoms with Gasteiger partial charge >= 0.3 is 0 Å². The molecule has 0 bridgehead atoms. The third-order valence-corrected chi connectivity index (χ3v) is 2.90. The Morgan fingerprint density at radius 1 is 1.56 bits per heavy atom. The largest absolute Gasteiger partial charge is 0.495 e. The molecule has 0 saturated heterocycles. The van der Waals surface area contributed by atoms with Crippen molar-refractivity contribution in [3.05, 3.63) is 34.8 Å². The van der Waals surface area contributed by atoms with E-state index in [9.17, 15) is 4.79 Å². The summed E-state index contributed by atoms with van der Waals surface area (Å²) < 4.78 is 8.97. The number of carbonyl (C=O) groups excluding carboxylic acids is 1. The highest BCUT2D eigenvalue weighted by Crippen LogP contribution is 2.25. The van der Waals surface area contributed by atoms with E-state index in [0.29, 0.717) is 23.5 Å². The number of aromatic nitrogens is 2. The smallest absolute Gasteiger partial charge is 0.248 e. The van der Waals surface area contributed by atoms with Crippen molar-refractivity contribution in [2.75, 3.05) is 12.4 Å². The van der Waals surface area contributed by atoms with E-state index in [2.05, 4.69) is 14.9 Å². The molecule has 0 aliphatic carbocycles. The Labute approximate surface area is 108 Å². The number of hydrogen-bond donors (Lipinski definition) is 2. The minimum atomic E-state index is -0.476. The molecule has 0 atom stereocenters. The number of rotatable bonds is 5. The van der Waals surface area contributed by atoms with E-state index in [1.165, 1.54) is 11.5 Å². The molecule has 7 heteroatoms. The van der Waals surface area contributed by atoms with Crippen LogP contribution in [-0.4, -0.2) is 22.6 Å². The molecule has 1 aromatic carbocycles. The van der Waals surface area contributed by atoms with E-state index in [0.717, 1.165) is 5.69 Å². The highest BCUT2D eigenvalue weighted by molar-refractivity contribution is 7.03. The zero-order valence-corrected chi connectivity index (χ0v) is 10.5. The molecule has 6 nitrogen and oxygen atoms in total. The zero-order valence-electron chi connectivity index (χ0n) is 9.71. The lowest BCUT2D eigenvalue weighted by Crippen LogP contribution is -2.11. The Bertz CT molecular complexity index is 542. The fourth-order valence-electron chi connectivity index (χ4n) is 1.45. The first-order chi connectivity index (χ1) is 8.70. The standard InChI is InChI=1S/C11H12N4O2S/c1-17-10-3-2-7(11(12)16)4-9(10)13-5-8-6-18-15-14-8/h2-4,6,13H,5H2,1H3,(H2,12,16). The molecule has 0 aliphatic rings. The molecule has 0 spiro atoms. The van der Waals surface area contributed by atoms with Crippen molar-refractivity contribution >= 4 is 23.1 Å². The summed E-state index contributed by atoms with van der Waals surface area (Å²) in [5.74, 6) is 0.166. The monoisotopic (exact) mass is 264 g/mol. The number of nitrogens with one attached hydrogen (secondary N) is 1. The number of methoxy groups -OCH3 is 1. The quantitative estimate of drug-likeness (QED) is 0.848. The van der Waals surface area contributed by atoms with Gasteiger partial charge in [-0.3, -0.25) is 4.79 Å². The van der Waals surface area contributed by atoms with Crippen molar-refractivity contribution in [2.45, 2.75) is 6.54 Å². The lowest BCUT2D eigenvalue weighted by Gasteiger charge is -2.11. The Hall–Kier alpha value is -2.15. The molecule has 18 heavy (non-hydrogen) atoms. The van der Waals surface area contributed by atoms with Crippen LogP contribution in [0.4, 0.5) is 5.69 Å². The summed E-state index contributed by atoms with van der Waals surface area (Å²) in [7, 11) is 1.56. The SMILES string of the molecule is COc1ccc(C(N)=O)cc1NCc1csnn1. The van der Waals surface area contributed by atoms with Gasteiger partial charge in [-0.15, -0.1) is 5.10 Å². The van der Waals surface area contributed by atoms with Crippen LogP contribution in [0.5, 0.6) is 5.75 Å². The van der Waals surface area contributed by atoms with Gasteiger partial charge in [-0.05, 0) is 29.7 Å². The maximum Gasteiger partial charge on any atom is 0.248 e. The van der Waals surface area contributed by atoms with E-state index in [-0.39, 0.29) is 0 Å². The molecule has 1 heterocycles. The molecule has 1 aromatic heterocycles. The van der Waals surface area contributed by atoms with Gasteiger partial charge in [-0.2, -0.15) is 0 Å². The van der Waals surface area contributed by atoms with Gasteiger partial charge in [0, 0.05) is 10.9 Å². The average Bonchev–Trinajstić information content (AvgIpc) is 2.89. The minimum Gasteiger partial charge on any atom is -0.495 e. The number of anilines is 1. The summed E-state index contributed by atoms with van der Waals surface area (Å²) in [4.78, 5) is 11.1. The third-order valence-electron chi connectivity index (χ3n) is 2.35. The molecular formula is C11H12N4O2S. The summed E-state index contributed by atoms with van der Waals surface area (Å²) >= 11 is 1.29. The second-order valence-electron chi connectivity index (χ2n) is 3.53. The van der Waals surface area contributed by atoms with Crippen molar-refractivity contribution in [3.8, 4) is 5.75 Å². The first kappa shape index (κ1) is 12.3. The molecule has 2 rings (SSSR count). The highest BCUT2D eigenvalue weighted by atomic mass is 32.1. The van der Waals surface area contributed by atoms with Gasteiger partial charge in [-0.1, -0.05) is 4.49 Å². The van der Waals surface area contributed by atoms with Crippen LogP contribution in [-0.2, 0) is 6.54 Å². The van der Waals surface area contributed by atoms with Crippen LogP contribution in [0.15, 0.2) is 23.6 Å². The molecular weight excluding hydrogens is 252 g/mol. The summed E-state index contributed by atoms with van der Waals surface area (Å²) in [6, 6.07) is 4.97. The molecule has 0 fully saturated rings. The van der Waals surface area contributed by atoms with Crippen molar-refractivity contribution < 1.29 is 9.53 Å². The van der Waals surface area contributed by atoms with Crippen molar-refractivity contribution in [2.24, 2.45) is 5.73 Å². The number of hydrogen-bond acceptors (Lipinski definition) is 6. The number of nitrogens with two attached hydrogens (primary N) is 1. The van der Waals surface area contributed by atoms with Crippen LogP contribution < -0.4 is 15.8 Å².